The summed E-state index contributed by atoms with van der Waals surface area (Å²) in [5.41, 5.74) is -1.02. The van der Waals surface area contributed by atoms with Crippen LogP contribution in [0.25, 0.3) is 0 Å². The Morgan fingerprint density at radius 1 is 0.571 bits per heavy atom. The van der Waals surface area contributed by atoms with Crippen molar-refractivity contribution in [3.05, 3.63) is 12.3 Å². The van der Waals surface area contributed by atoms with Crippen LogP contribution in [-0.4, -0.2) is 54.2 Å². The molecule has 0 unspecified atom stereocenters. The summed E-state index contributed by atoms with van der Waals surface area (Å²) in [6, 6.07) is 0. The minimum absolute atomic E-state index is 0.189. The summed E-state index contributed by atoms with van der Waals surface area (Å²) in [4.78, 5) is 0. The van der Waals surface area contributed by atoms with E-state index in [0.717, 1.165) is 0 Å². The molecule has 0 aromatic heterocycles. The average molecular weight is 560 g/mol. The Morgan fingerprint density at radius 3 is 1.20 bits per heavy atom. The number of rotatable bonds is 12. The SMILES string of the molecule is C=C(OCCC(F)(F)C(F)(F)C(F)(F)C(F)(F)C(F)(F)C(F)(F)C(F)(F)C(F)(F)F)C(C)(C)CC. The summed E-state index contributed by atoms with van der Waals surface area (Å²) >= 11 is 0. The van der Waals surface area contributed by atoms with Gasteiger partial charge in [-0.3, -0.25) is 0 Å². The normalized spacial score (nSPS) is 15.9. The molecule has 1 nitrogen and oxygen atoms in total. The zero-order valence-electron chi connectivity index (χ0n) is 17.7. The molecule has 0 saturated carbocycles. The van der Waals surface area contributed by atoms with Gasteiger partial charge in [-0.05, 0) is 6.42 Å². The molecule has 0 spiro atoms. The van der Waals surface area contributed by atoms with Crippen LogP contribution in [0.4, 0.5) is 74.6 Å². The van der Waals surface area contributed by atoms with Crippen molar-refractivity contribution >= 4 is 0 Å². The molecule has 0 aromatic rings. The second-order valence-electron chi connectivity index (χ2n) is 7.91. The van der Waals surface area contributed by atoms with E-state index in [1.165, 1.54) is 20.8 Å². The summed E-state index contributed by atoms with van der Waals surface area (Å²) in [5, 5.41) is 0. The largest absolute Gasteiger partial charge is 0.498 e. The highest BCUT2D eigenvalue weighted by atomic mass is 19.4. The molecule has 0 amide bonds. The van der Waals surface area contributed by atoms with Crippen molar-refractivity contribution in [3.8, 4) is 0 Å². The Balaban J connectivity index is 6.28. The third kappa shape index (κ3) is 4.98. The first-order chi connectivity index (χ1) is 14.9. The van der Waals surface area contributed by atoms with E-state index in [0.29, 0.717) is 0 Å². The zero-order chi connectivity index (χ0) is 28.9. The van der Waals surface area contributed by atoms with Gasteiger partial charge < -0.3 is 4.74 Å². The van der Waals surface area contributed by atoms with Gasteiger partial charge in [-0.2, -0.15) is 74.6 Å². The van der Waals surface area contributed by atoms with Crippen LogP contribution < -0.4 is 0 Å². The highest BCUT2D eigenvalue weighted by Gasteiger charge is 2.95. The fraction of sp³-hybridized carbons (Fsp3) is 0.882. The number of ether oxygens (including phenoxy) is 1. The number of hydrogen-bond donors (Lipinski definition) is 0. The molecular weight excluding hydrogens is 543 g/mol. The third-order valence-electron chi connectivity index (χ3n) is 5.12. The van der Waals surface area contributed by atoms with Crippen LogP contribution in [0.5, 0.6) is 0 Å². The second kappa shape index (κ2) is 9.03. The molecule has 0 atom stereocenters. The number of alkyl halides is 17. The summed E-state index contributed by atoms with van der Waals surface area (Å²) in [6.07, 6.45) is -10.2. The van der Waals surface area contributed by atoms with Gasteiger partial charge in [-0.25, -0.2) is 0 Å². The first kappa shape index (κ1) is 33.4. The van der Waals surface area contributed by atoms with Gasteiger partial charge in [0.1, 0.15) is 0 Å². The van der Waals surface area contributed by atoms with Crippen molar-refractivity contribution in [2.24, 2.45) is 5.41 Å². The van der Waals surface area contributed by atoms with Crippen molar-refractivity contribution in [3.63, 3.8) is 0 Å². The lowest BCUT2D eigenvalue weighted by molar-refractivity contribution is -0.462. The van der Waals surface area contributed by atoms with Crippen molar-refractivity contribution in [2.45, 2.75) is 81.2 Å². The van der Waals surface area contributed by atoms with Crippen LogP contribution in [0.3, 0.4) is 0 Å². The Labute approximate surface area is 186 Å². The molecular formula is C17H17F17O. The monoisotopic (exact) mass is 560 g/mol. The van der Waals surface area contributed by atoms with Crippen LogP contribution in [0, 0.1) is 5.41 Å². The van der Waals surface area contributed by atoms with Crippen molar-refractivity contribution < 1.29 is 79.4 Å². The van der Waals surface area contributed by atoms with E-state index in [9.17, 15) is 74.6 Å². The lowest BCUT2D eigenvalue weighted by Crippen LogP contribution is -2.74. The van der Waals surface area contributed by atoms with Gasteiger partial charge >= 0.3 is 47.6 Å². The zero-order valence-corrected chi connectivity index (χ0v) is 17.7. The predicted octanol–water partition coefficient (Wildman–Crippen LogP) is 8.35. The van der Waals surface area contributed by atoms with E-state index in [2.05, 4.69) is 11.3 Å². The van der Waals surface area contributed by atoms with E-state index in [4.69, 9.17) is 0 Å². The van der Waals surface area contributed by atoms with E-state index in [1.54, 1.807) is 0 Å². The maximum atomic E-state index is 13.7. The fourth-order valence-corrected chi connectivity index (χ4v) is 2.05. The van der Waals surface area contributed by atoms with Crippen molar-refractivity contribution in [1.82, 2.24) is 0 Å². The fourth-order valence-electron chi connectivity index (χ4n) is 2.05. The standard InChI is InChI=1S/C17H17F17O/c1-5-9(3,4)8(2)35-7-6-10(18,19)11(20,21)12(22,23)13(24,25)14(26,27)15(28,29)16(30,31)17(32,33)34/h2,5-7H2,1,3-4H3. The van der Waals surface area contributed by atoms with Crippen LogP contribution in [-0.2, 0) is 4.74 Å². The first-order valence-corrected chi connectivity index (χ1v) is 8.97. The van der Waals surface area contributed by atoms with Crippen LogP contribution >= 0.6 is 0 Å². The highest BCUT2D eigenvalue weighted by molar-refractivity contribution is 5.15. The van der Waals surface area contributed by atoms with Crippen molar-refractivity contribution in [1.29, 1.82) is 0 Å². The molecule has 0 aromatic carbocycles. The molecule has 18 heteroatoms. The first-order valence-electron chi connectivity index (χ1n) is 8.97. The number of allylic oxidation sites excluding steroid dienone is 1. The molecule has 0 heterocycles. The molecule has 0 aliphatic rings. The van der Waals surface area contributed by atoms with E-state index < -0.39 is 71.8 Å². The molecule has 0 radical (unpaired) electrons. The molecule has 0 rings (SSSR count). The summed E-state index contributed by atoms with van der Waals surface area (Å²) in [7, 11) is 0. The molecule has 35 heavy (non-hydrogen) atoms. The minimum Gasteiger partial charge on any atom is -0.498 e. The smallest absolute Gasteiger partial charge is 0.460 e. The molecule has 210 valence electrons. The Kier molecular flexibility index (Phi) is 8.60. The summed E-state index contributed by atoms with van der Waals surface area (Å²) in [6.45, 7) is 5.75. The molecule has 0 aliphatic heterocycles. The van der Waals surface area contributed by atoms with E-state index in [1.807, 2.05) is 0 Å². The molecule has 0 fully saturated rings. The minimum atomic E-state index is -8.63. The molecule has 0 saturated heterocycles. The third-order valence-corrected chi connectivity index (χ3v) is 5.12. The van der Waals surface area contributed by atoms with Gasteiger partial charge in [0.15, 0.2) is 0 Å². The van der Waals surface area contributed by atoms with Crippen LogP contribution in [0.15, 0.2) is 12.3 Å². The van der Waals surface area contributed by atoms with Gasteiger partial charge in [0.2, 0.25) is 0 Å². The van der Waals surface area contributed by atoms with Gasteiger partial charge in [-0.15, -0.1) is 0 Å². The topological polar surface area (TPSA) is 9.23 Å². The molecule has 0 aliphatic carbocycles. The van der Waals surface area contributed by atoms with Crippen molar-refractivity contribution in [2.75, 3.05) is 6.61 Å². The lowest BCUT2D eigenvalue weighted by atomic mass is 9.88. The quantitative estimate of drug-likeness (QED) is 0.172. The molecule has 0 bridgehead atoms. The van der Waals surface area contributed by atoms with Gasteiger partial charge in [0.25, 0.3) is 0 Å². The van der Waals surface area contributed by atoms with Gasteiger partial charge in [0, 0.05) is 5.41 Å². The maximum absolute atomic E-state index is 13.7. The Hall–Kier alpha value is -1.65. The van der Waals surface area contributed by atoms with Gasteiger partial charge in [-0.1, -0.05) is 27.4 Å². The highest BCUT2D eigenvalue weighted by Crippen LogP contribution is 2.64. The predicted molar refractivity (Wildman–Crippen MR) is 84.5 cm³/mol. The van der Waals surface area contributed by atoms with E-state index in [-0.39, 0.29) is 6.42 Å². The van der Waals surface area contributed by atoms with Crippen LogP contribution in [0.1, 0.15) is 33.6 Å². The Bertz CT molecular complexity index is 763. The average Bonchev–Trinajstić information content (AvgIpc) is 2.65. The summed E-state index contributed by atoms with van der Waals surface area (Å²) < 4.78 is 228. The molecule has 0 N–H and O–H groups in total. The number of halogens is 17. The van der Waals surface area contributed by atoms with Crippen LogP contribution in [0.2, 0.25) is 0 Å². The summed E-state index contributed by atoms with van der Waals surface area (Å²) in [5.74, 6) is -56.7. The Morgan fingerprint density at radius 2 is 0.886 bits per heavy atom. The second-order valence-corrected chi connectivity index (χ2v) is 7.91. The lowest BCUT2D eigenvalue weighted by Gasteiger charge is -2.42. The maximum Gasteiger partial charge on any atom is 0.460 e. The van der Waals surface area contributed by atoms with Gasteiger partial charge in [0.05, 0.1) is 18.8 Å². The van der Waals surface area contributed by atoms with E-state index >= 15 is 0 Å². The number of hydrogen-bond acceptors (Lipinski definition) is 1.